The van der Waals surface area contributed by atoms with Gasteiger partial charge in [-0.25, -0.2) is 9.97 Å². The molecule has 1 aliphatic rings. The van der Waals surface area contributed by atoms with Crippen LogP contribution in [0.3, 0.4) is 0 Å². The van der Waals surface area contributed by atoms with Crippen molar-refractivity contribution in [1.82, 2.24) is 20.3 Å². The third-order valence-electron chi connectivity index (χ3n) is 4.90. The highest BCUT2D eigenvalue weighted by Crippen LogP contribution is 2.32. The van der Waals surface area contributed by atoms with E-state index < -0.39 is 0 Å². The monoisotopic (exact) mass is 369 g/mol. The van der Waals surface area contributed by atoms with Gasteiger partial charge in [0.05, 0.1) is 16.9 Å². The van der Waals surface area contributed by atoms with Crippen molar-refractivity contribution in [2.45, 2.75) is 37.8 Å². The lowest BCUT2D eigenvalue weighted by Crippen LogP contribution is -2.38. The van der Waals surface area contributed by atoms with Crippen molar-refractivity contribution in [1.29, 1.82) is 0 Å². The number of carbonyl (C=O) groups is 1. The van der Waals surface area contributed by atoms with Gasteiger partial charge in [-0.2, -0.15) is 0 Å². The molecule has 0 bridgehead atoms. The molecule has 1 fully saturated rings. The number of para-hydroxylation sites is 1. The number of aromatic nitrogens is 3. The largest absolute Gasteiger partial charge is 0.360 e. The average molecular weight is 370 g/mol. The van der Waals surface area contributed by atoms with Crippen molar-refractivity contribution in [3.63, 3.8) is 0 Å². The molecule has 2 atom stereocenters. The van der Waals surface area contributed by atoms with E-state index in [1.165, 1.54) is 0 Å². The van der Waals surface area contributed by atoms with E-state index in [9.17, 15) is 4.79 Å². The molecule has 1 amide bonds. The first-order chi connectivity index (χ1) is 12.7. The minimum absolute atomic E-state index is 0.208. The summed E-state index contributed by atoms with van der Waals surface area (Å²) in [5, 5.41) is 7.87. The van der Waals surface area contributed by atoms with Gasteiger partial charge in [-0.3, -0.25) is 4.79 Å². The highest BCUT2D eigenvalue weighted by atomic mass is 35.5. The van der Waals surface area contributed by atoms with Crippen LogP contribution in [0.25, 0.3) is 22.2 Å². The van der Waals surface area contributed by atoms with E-state index in [0.29, 0.717) is 16.7 Å². The zero-order chi connectivity index (χ0) is 17.9. The molecule has 3 aromatic rings. The zero-order valence-electron chi connectivity index (χ0n) is 14.2. The Morgan fingerprint density at radius 3 is 2.96 bits per heavy atom. The fourth-order valence-electron chi connectivity index (χ4n) is 3.64. The van der Waals surface area contributed by atoms with Gasteiger partial charge in [0.15, 0.2) is 0 Å². The van der Waals surface area contributed by atoms with Crippen molar-refractivity contribution in [2.75, 3.05) is 5.32 Å². The maximum atomic E-state index is 10.7. The summed E-state index contributed by atoms with van der Waals surface area (Å²) in [7, 11) is 0. The molecule has 0 saturated heterocycles. The number of nitrogens with one attached hydrogen (secondary N) is 3. The number of rotatable bonds is 5. The Morgan fingerprint density at radius 1 is 1.23 bits per heavy atom. The molecule has 4 rings (SSSR count). The molecular weight excluding hydrogens is 350 g/mol. The van der Waals surface area contributed by atoms with Crippen LogP contribution in [0.1, 0.15) is 25.7 Å². The van der Waals surface area contributed by atoms with Crippen LogP contribution in [0.4, 0.5) is 5.95 Å². The normalized spacial score (nSPS) is 20.0. The lowest BCUT2D eigenvalue weighted by atomic mass is 9.91. The van der Waals surface area contributed by atoms with Crippen LogP contribution in [-0.2, 0) is 4.79 Å². The fourth-order valence-corrected chi connectivity index (χ4v) is 3.84. The van der Waals surface area contributed by atoms with E-state index in [-0.39, 0.29) is 12.1 Å². The summed E-state index contributed by atoms with van der Waals surface area (Å²) < 4.78 is 0. The maximum absolute atomic E-state index is 10.7. The molecule has 6 nitrogen and oxygen atoms in total. The molecule has 1 saturated carbocycles. The van der Waals surface area contributed by atoms with Gasteiger partial charge in [-0.05, 0) is 31.7 Å². The summed E-state index contributed by atoms with van der Waals surface area (Å²) in [6, 6.07) is 8.50. The van der Waals surface area contributed by atoms with Gasteiger partial charge in [-0.1, -0.05) is 29.8 Å². The Hall–Kier alpha value is -2.60. The van der Waals surface area contributed by atoms with E-state index >= 15 is 0 Å². The number of fused-ring (bicyclic) bond motifs is 1. The second-order valence-electron chi connectivity index (χ2n) is 6.63. The topological polar surface area (TPSA) is 82.7 Å². The van der Waals surface area contributed by atoms with Crippen molar-refractivity contribution in [2.24, 2.45) is 0 Å². The number of halogens is 1. The summed E-state index contributed by atoms with van der Waals surface area (Å²) in [6.07, 6.45) is 8.32. The van der Waals surface area contributed by atoms with Crippen LogP contribution >= 0.6 is 11.6 Å². The Labute approximate surface area is 156 Å². The van der Waals surface area contributed by atoms with Gasteiger partial charge in [0.1, 0.15) is 0 Å². The van der Waals surface area contributed by atoms with Gasteiger partial charge < -0.3 is 15.6 Å². The Balaban J connectivity index is 1.59. The standard InChI is InChI=1S/C19H20ClN5O/c20-16-10-22-19(24-13-5-3-4-12(8-13)23-11-26)25-18(16)15-9-21-17-7-2-1-6-14(15)17/h1-2,6-7,9-13,21H,3-5,8H2,(H,23,26)(H,22,24,25)/t12-,13+/m0/s1. The predicted octanol–water partition coefficient (Wildman–Crippen LogP) is 3.75. The molecule has 134 valence electrons. The smallest absolute Gasteiger partial charge is 0.223 e. The Morgan fingerprint density at radius 2 is 2.08 bits per heavy atom. The van der Waals surface area contributed by atoms with Crippen LogP contribution in [0, 0.1) is 0 Å². The van der Waals surface area contributed by atoms with Gasteiger partial charge in [-0.15, -0.1) is 0 Å². The molecule has 0 radical (unpaired) electrons. The number of hydrogen-bond donors (Lipinski definition) is 3. The molecule has 26 heavy (non-hydrogen) atoms. The van der Waals surface area contributed by atoms with E-state index in [2.05, 4.69) is 25.6 Å². The average Bonchev–Trinajstić information content (AvgIpc) is 3.08. The van der Waals surface area contributed by atoms with E-state index in [0.717, 1.165) is 48.6 Å². The number of carbonyl (C=O) groups excluding carboxylic acids is 1. The third kappa shape index (κ3) is 3.37. The molecule has 2 aromatic heterocycles. The van der Waals surface area contributed by atoms with Gasteiger partial charge in [0.25, 0.3) is 0 Å². The second kappa shape index (κ2) is 7.33. The Bertz CT molecular complexity index is 925. The van der Waals surface area contributed by atoms with Crippen LogP contribution in [0.2, 0.25) is 5.02 Å². The molecule has 0 aliphatic heterocycles. The molecule has 2 heterocycles. The minimum atomic E-state index is 0.208. The summed E-state index contributed by atoms with van der Waals surface area (Å²) in [6.45, 7) is 0. The van der Waals surface area contributed by atoms with Crippen molar-refractivity contribution < 1.29 is 4.79 Å². The zero-order valence-corrected chi connectivity index (χ0v) is 15.0. The van der Waals surface area contributed by atoms with Gasteiger partial charge in [0.2, 0.25) is 12.4 Å². The first-order valence-electron chi connectivity index (χ1n) is 8.80. The number of amides is 1. The molecule has 1 aliphatic carbocycles. The minimum Gasteiger partial charge on any atom is -0.360 e. The van der Waals surface area contributed by atoms with Crippen molar-refractivity contribution in [3.8, 4) is 11.3 Å². The van der Waals surface area contributed by atoms with E-state index in [1.807, 2.05) is 30.5 Å². The van der Waals surface area contributed by atoms with E-state index in [1.54, 1.807) is 6.20 Å². The summed E-state index contributed by atoms with van der Waals surface area (Å²) in [5.41, 5.74) is 2.71. The molecular formula is C19H20ClN5O. The second-order valence-corrected chi connectivity index (χ2v) is 7.03. The predicted molar refractivity (Wildman–Crippen MR) is 103 cm³/mol. The number of aromatic amines is 1. The SMILES string of the molecule is O=CN[C@H]1CCC[C@@H](Nc2ncc(Cl)c(-c3c[nH]c4ccccc34)n2)C1. The molecule has 0 spiro atoms. The summed E-state index contributed by atoms with van der Waals surface area (Å²) >= 11 is 6.38. The lowest BCUT2D eigenvalue weighted by Gasteiger charge is -2.29. The Kier molecular flexibility index (Phi) is 4.75. The molecule has 1 aromatic carbocycles. The lowest BCUT2D eigenvalue weighted by molar-refractivity contribution is -0.110. The fraction of sp³-hybridized carbons (Fsp3) is 0.316. The molecule has 0 unspecified atom stereocenters. The molecule has 3 N–H and O–H groups in total. The van der Waals surface area contributed by atoms with Crippen LogP contribution in [-0.4, -0.2) is 33.4 Å². The maximum Gasteiger partial charge on any atom is 0.223 e. The van der Waals surface area contributed by atoms with Crippen LogP contribution in [0.5, 0.6) is 0 Å². The third-order valence-corrected chi connectivity index (χ3v) is 5.18. The van der Waals surface area contributed by atoms with E-state index in [4.69, 9.17) is 11.6 Å². The number of H-pyrrole nitrogens is 1. The van der Waals surface area contributed by atoms with Gasteiger partial charge >= 0.3 is 0 Å². The summed E-state index contributed by atoms with van der Waals surface area (Å²) in [4.78, 5) is 22.9. The van der Waals surface area contributed by atoms with Crippen molar-refractivity contribution in [3.05, 3.63) is 41.7 Å². The van der Waals surface area contributed by atoms with Crippen LogP contribution in [0.15, 0.2) is 36.7 Å². The highest BCUT2D eigenvalue weighted by molar-refractivity contribution is 6.33. The first kappa shape index (κ1) is 16.8. The number of hydrogen-bond acceptors (Lipinski definition) is 4. The quantitative estimate of drug-likeness (QED) is 0.598. The molecule has 7 heteroatoms. The summed E-state index contributed by atoms with van der Waals surface area (Å²) in [5.74, 6) is 0.562. The number of nitrogens with zero attached hydrogens (tertiary/aromatic N) is 2. The number of benzene rings is 1. The first-order valence-corrected chi connectivity index (χ1v) is 9.17. The highest BCUT2D eigenvalue weighted by Gasteiger charge is 2.22. The number of anilines is 1. The van der Waals surface area contributed by atoms with Crippen LogP contribution < -0.4 is 10.6 Å². The van der Waals surface area contributed by atoms with Gasteiger partial charge in [0, 0.05) is 34.7 Å². The van der Waals surface area contributed by atoms with Crippen molar-refractivity contribution >= 4 is 34.9 Å².